The van der Waals surface area contributed by atoms with Gasteiger partial charge in [0.15, 0.2) is 5.96 Å². The third-order valence-electron chi connectivity index (χ3n) is 4.28. The number of nitrogens with one attached hydrogen (secondary N) is 2. The summed E-state index contributed by atoms with van der Waals surface area (Å²) in [4.78, 5) is 15.4. The molecule has 6 nitrogen and oxygen atoms in total. The van der Waals surface area contributed by atoms with E-state index in [-0.39, 0.29) is 24.0 Å². The van der Waals surface area contributed by atoms with Gasteiger partial charge in [0.25, 0.3) is 0 Å². The van der Waals surface area contributed by atoms with Crippen molar-refractivity contribution in [2.24, 2.45) is 4.99 Å². The van der Waals surface area contributed by atoms with Crippen LogP contribution in [-0.4, -0.2) is 72.6 Å². The van der Waals surface area contributed by atoms with Crippen molar-refractivity contribution in [1.29, 1.82) is 0 Å². The van der Waals surface area contributed by atoms with Crippen LogP contribution in [0.15, 0.2) is 11.2 Å². The van der Waals surface area contributed by atoms with Gasteiger partial charge < -0.3 is 10.6 Å². The van der Waals surface area contributed by atoms with Crippen molar-refractivity contribution >= 4 is 41.3 Å². The third kappa shape index (κ3) is 5.27. The van der Waals surface area contributed by atoms with Gasteiger partial charge in [0.1, 0.15) is 5.01 Å². The van der Waals surface area contributed by atoms with Crippen LogP contribution in [0.25, 0.3) is 0 Å². The highest BCUT2D eigenvalue weighted by atomic mass is 127. The standard InChI is InChI=1S/C15H26N6S.HI/c1-3-16-15(19-10-14-17-8-12(2)22-14)18-9-13-11-20-4-6-21(13)7-5-20;/h8,13H,3-7,9-11H2,1-2H3,(H2,16,18,19);1H. The molecule has 1 unspecified atom stereocenters. The van der Waals surface area contributed by atoms with Gasteiger partial charge in [0.2, 0.25) is 0 Å². The second-order valence-electron chi connectivity index (χ2n) is 5.93. The molecule has 1 aromatic rings. The molecule has 4 rings (SSSR count). The quantitative estimate of drug-likeness (QED) is 0.400. The normalized spacial score (nSPS) is 26.7. The van der Waals surface area contributed by atoms with Crippen molar-refractivity contribution in [2.45, 2.75) is 26.4 Å². The van der Waals surface area contributed by atoms with E-state index in [0.29, 0.717) is 12.6 Å². The van der Waals surface area contributed by atoms with E-state index in [1.165, 1.54) is 37.6 Å². The predicted octanol–water partition coefficient (Wildman–Crippen LogP) is 1.12. The number of hydrogen-bond donors (Lipinski definition) is 2. The maximum atomic E-state index is 4.65. The number of fused-ring (bicyclic) bond motifs is 3. The van der Waals surface area contributed by atoms with Crippen molar-refractivity contribution < 1.29 is 0 Å². The summed E-state index contributed by atoms with van der Waals surface area (Å²) in [6.45, 7) is 12.7. The fourth-order valence-corrected chi connectivity index (χ4v) is 3.81. The highest BCUT2D eigenvalue weighted by Gasteiger charge is 2.31. The molecule has 0 radical (unpaired) electrons. The second-order valence-corrected chi connectivity index (χ2v) is 7.25. The Bertz CT molecular complexity index is 512. The van der Waals surface area contributed by atoms with Crippen LogP contribution in [0.5, 0.6) is 0 Å². The van der Waals surface area contributed by atoms with E-state index in [2.05, 4.69) is 44.3 Å². The Morgan fingerprint density at radius 3 is 2.70 bits per heavy atom. The summed E-state index contributed by atoms with van der Waals surface area (Å²) in [5, 5.41) is 7.90. The Morgan fingerprint density at radius 2 is 2.13 bits per heavy atom. The van der Waals surface area contributed by atoms with Gasteiger partial charge in [0.05, 0.1) is 6.54 Å². The number of halogens is 1. The molecule has 23 heavy (non-hydrogen) atoms. The van der Waals surface area contributed by atoms with Crippen molar-refractivity contribution in [3.63, 3.8) is 0 Å². The third-order valence-corrected chi connectivity index (χ3v) is 5.18. The first-order valence-electron chi connectivity index (χ1n) is 8.14. The number of guanidine groups is 1. The van der Waals surface area contributed by atoms with E-state index >= 15 is 0 Å². The van der Waals surface area contributed by atoms with Crippen LogP contribution in [0.1, 0.15) is 16.8 Å². The molecule has 1 atom stereocenters. The summed E-state index contributed by atoms with van der Waals surface area (Å²) in [6, 6.07) is 0.605. The van der Waals surface area contributed by atoms with Crippen molar-refractivity contribution in [3.8, 4) is 0 Å². The van der Waals surface area contributed by atoms with Gasteiger partial charge in [-0.3, -0.25) is 9.80 Å². The molecule has 0 amide bonds. The van der Waals surface area contributed by atoms with E-state index in [1.807, 2.05) is 6.20 Å². The fourth-order valence-electron chi connectivity index (χ4n) is 3.10. The lowest BCUT2D eigenvalue weighted by Gasteiger charge is -2.47. The van der Waals surface area contributed by atoms with E-state index in [9.17, 15) is 0 Å². The lowest BCUT2D eigenvalue weighted by atomic mass is 10.1. The summed E-state index contributed by atoms with van der Waals surface area (Å²) >= 11 is 1.72. The molecule has 0 saturated carbocycles. The van der Waals surface area contributed by atoms with Crippen LogP contribution in [0.4, 0.5) is 0 Å². The summed E-state index contributed by atoms with van der Waals surface area (Å²) in [5.41, 5.74) is 0. The molecule has 2 bridgehead atoms. The molecule has 130 valence electrons. The number of nitrogens with zero attached hydrogens (tertiary/aromatic N) is 4. The van der Waals surface area contributed by atoms with Crippen LogP contribution >= 0.6 is 35.3 Å². The summed E-state index contributed by atoms with van der Waals surface area (Å²) < 4.78 is 0. The van der Waals surface area contributed by atoms with Gasteiger partial charge in [-0.2, -0.15) is 0 Å². The number of hydrogen-bond acceptors (Lipinski definition) is 5. The minimum Gasteiger partial charge on any atom is -0.357 e. The molecule has 1 aromatic heterocycles. The highest BCUT2D eigenvalue weighted by molar-refractivity contribution is 14.0. The molecular weight excluding hydrogens is 423 g/mol. The zero-order valence-corrected chi connectivity index (χ0v) is 17.1. The first-order valence-corrected chi connectivity index (χ1v) is 8.96. The Balaban J connectivity index is 0.00000192. The fraction of sp³-hybridized carbons (Fsp3) is 0.733. The first kappa shape index (κ1) is 18.9. The molecule has 4 heterocycles. The number of piperazine rings is 3. The highest BCUT2D eigenvalue weighted by Crippen LogP contribution is 2.15. The molecule has 3 aliphatic rings. The summed E-state index contributed by atoms with van der Waals surface area (Å²) in [6.07, 6.45) is 1.91. The Morgan fingerprint density at radius 1 is 1.35 bits per heavy atom. The molecule has 0 aliphatic carbocycles. The molecule has 0 aromatic carbocycles. The maximum absolute atomic E-state index is 4.65. The molecule has 3 aliphatic heterocycles. The number of aliphatic imine (C=N–C) groups is 1. The zero-order valence-electron chi connectivity index (χ0n) is 13.9. The topological polar surface area (TPSA) is 55.8 Å². The van der Waals surface area contributed by atoms with Crippen molar-refractivity contribution in [1.82, 2.24) is 25.4 Å². The van der Waals surface area contributed by atoms with Gasteiger partial charge in [-0.25, -0.2) is 9.98 Å². The van der Waals surface area contributed by atoms with Crippen molar-refractivity contribution in [2.75, 3.05) is 45.8 Å². The SMILES string of the molecule is CCNC(=NCc1ncc(C)s1)NCC1CN2CCN1CC2.I. The average molecular weight is 450 g/mol. The second kappa shape index (κ2) is 9.14. The monoisotopic (exact) mass is 450 g/mol. The van der Waals surface area contributed by atoms with Gasteiger partial charge in [-0.15, -0.1) is 35.3 Å². The average Bonchev–Trinajstić information content (AvgIpc) is 2.97. The molecule has 3 fully saturated rings. The predicted molar refractivity (Wildman–Crippen MR) is 107 cm³/mol. The van der Waals surface area contributed by atoms with Crippen LogP contribution in [0.3, 0.4) is 0 Å². The molecular formula is C15H27IN6S. The number of thiazole rings is 1. The maximum Gasteiger partial charge on any atom is 0.191 e. The summed E-state index contributed by atoms with van der Waals surface area (Å²) in [7, 11) is 0. The first-order chi connectivity index (χ1) is 10.7. The van der Waals surface area contributed by atoms with E-state index < -0.39 is 0 Å². The van der Waals surface area contributed by atoms with Crippen molar-refractivity contribution in [3.05, 3.63) is 16.1 Å². The minimum absolute atomic E-state index is 0. The molecule has 2 N–H and O–H groups in total. The number of rotatable bonds is 5. The van der Waals surface area contributed by atoms with Crippen LogP contribution in [0.2, 0.25) is 0 Å². The van der Waals surface area contributed by atoms with Gasteiger partial charge in [-0.1, -0.05) is 0 Å². The number of aryl methyl sites for hydroxylation is 1. The lowest BCUT2D eigenvalue weighted by molar-refractivity contribution is 0.0154. The van der Waals surface area contributed by atoms with Crippen LogP contribution < -0.4 is 10.6 Å². The number of aromatic nitrogens is 1. The van der Waals surface area contributed by atoms with E-state index in [1.54, 1.807) is 11.3 Å². The largest absolute Gasteiger partial charge is 0.357 e. The summed E-state index contributed by atoms with van der Waals surface area (Å²) in [5.74, 6) is 0.896. The smallest absolute Gasteiger partial charge is 0.191 e. The Labute approximate surface area is 159 Å². The Hall–Kier alpha value is -0.450. The molecule has 8 heteroatoms. The van der Waals surface area contributed by atoms with Crippen LogP contribution in [0, 0.1) is 6.92 Å². The Kier molecular flexibility index (Phi) is 7.51. The van der Waals surface area contributed by atoms with E-state index in [4.69, 9.17) is 0 Å². The minimum atomic E-state index is 0. The zero-order chi connectivity index (χ0) is 15.4. The van der Waals surface area contributed by atoms with E-state index in [0.717, 1.165) is 24.1 Å². The van der Waals surface area contributed by atoms with Crippen LogP contribution in [-0.2, 0) is 6.54 Å². The molecule has 0 spiro atoms. The van der Waals surface area contributed by atoms with Gasteiger partial charge >= 0.3 is 0 Å². The van der Waals surface area contributed by atoms with Gasteiger partial charge in [0, 0.05) is 62.9 Å². The molecule has 3 saturated heterocycles. The van der Waals surface area contributed by atoms with Gasteiger partial charge in [-0.05, 0) is 13.8 Å². The lowest BCUT2D eigenvalue weighted by Crippen LogP contribution is -2.63.